The molecule has 110 valence electrons. The van der Waals surface area contributed by atoms with Crippen LogP contribution in [0.25, 0.3) is 0 Å². The van der Waals surface area contributed by atoms with Crippen LogP contribution in [-0.4, -0.2) is 16.4 Å². The Morgan fingerprint density at radius 3 is 2.38 bits per heavy atom. The quantitative estimate of drug-likeness (QED) is 0.861. The summed E-state index contributed by atoms with van der Waals surface area (Å²) in [5.74, 6) is -0.0228. The van der Waals surface area contributed by atoms with Crippen molar-refractivity contribution in [1.29, 1.82) is 0 Å². The van der Waals surface area contributed by atoms with Crippen LogP contribution in [0.4, 0.5) is 19.0 Å². The third kappa shape index (κ3) is 4.78. The highest BCUT2D eigenvalue weighted by atomic mass is 32.2. The van der Waals surface area contributed by atoms with E-state index in [0.29, 0.717) is 5.82 Å². The van der Waals surface area contributed by atoms with Crippen LogP contribution in [-0.2, 0) is 0 Å². The van der Waals surface area contributed by atoms with Crippen LogP contribution in [0.1, 0.15) is 16.1 Å². The van der Waals surface area contributed by atoms with Gasteiger partial charge in [0.05, 0.1) is 0 Å². The first-order valence-corrected chi connectivity index (χ1v) is 6.76. The van der Waals surface area contributed by atoms with Gasteiger partial charge < -0.3 is 5.32 Å². The number of amides is 1. The van der Waals surface area contributed by atoms with Crippen LogP contribution in [0, 0.1) is 6.92 Å². The molecule has 3 nitrogen and oxygen atoms in total. The summed E-state index contributed by atoms with van der Waals surface area (Å²) in [6.07, 6.45) is 0. The van der Waals surface area contributed by atoms with Crippen molar-refractivity contribution in [3.8, 4) is 0 Å². The maximum absolute atomic E-state index is 12.2. The fraction of sp³-hybridized carbons (Fsp3) is 0.143. The summed E-state index contributed by atoms with van der Waals surface area (Å²) in [5, 5.41) is 2.59. The summed E-state index contributed by atoms with van der Waals surface area (Å²) in [5.41, 5.74) is -3.32. The molecule has 0 unspecified atom stereocenters. The average Bonchev–Trinajstić information content (AvgIpc) is 2.37. The molecule has 0 radical (unpaired) electrons. The second-order valence-electron chi connectivity index (χ2n) is 4.19. The highest BCUT2D eigenvalue weighted by molar-refractivity contribution is 8.00. The number of benzene rings is 1. The largest absolute Gasteiger partial charge is 0.446 e. The topological polar surface area (TPSA) is 42.0 Å². The number of carbonyl (C=O) groups is 1. The van der Waals surface area contributed by atoms with Crippen molar-refractivity contribution in [2.45, 2.75) is 17.3 Å². The molecule has 0 bridgehead atoms. The fourth-order valence-electron chi connectivity index (χ4n) is 1.61. The van der Waals surface area contributed by atoms with E-state index in [1.54, 1.807) is 25.1 Å². The van der Waals surface area contributed by atoms with Gasteiger partial charge in [0.15, 0.2) is 0 Å². The average molecular weight is 312 g/mol. The van der Waals surface area contributed by atoms with Crippen LogP contribution in [0.15, 0.2) is 47.4 Å². The van der Waals surface area contributed by atoms with Gasteiger partial charge in [-0.1, -0.05) is 6.07 Å². The third-order valence-electron chi connectivity index (χ3n) is 2.48. The summed E-state index contributed by atoms with van der Waals surface area (Å²) < 4.78 is 36.6. The second kappa shape index (κ2) is 6.17. The van der Waals surface area contributed by atoms with Crippen molar-refractivity contribution in [3.63, 3.8) is 0 Å². The molecular formula is C14H11F3N2OS. The zero-order valence-electron chi connectivity index (χ0n) is 10.9. The number of aryl methyl sites for hydroxylation is 1. The Hall–Kier alpha value is -2.02. The molecular weight excluding hydrogens is 301 g/mol. The maximum Gasteiger partial charge on any atom is 0.446 e. The molecule has 1 heterocycles. The molecule has 1 amide bonds. The number of rotatable bonds is 3. The lowest BCUT2D eigenvalue weighted by molar-refractivity contribution is -0.0328. The van der Waals surface area contributed by atoms with Gasteiger partial charge in [0.25, 0.3) is 5.91 Å². The molecule has 0 atom stereocenters. The molecule has 0 aliphatic carbocycles. The van der Waals surface area contributed by atoms with Gasteiger partial charge in [-0.2, -0.15) is 13.2 Å². The lowest BCUT2D eigenvalue weighted by Gasteiger charge is -2.07. The van der Waals surface area contributed by atoms with Crippen molar-refractivity contribution in [3.05, 3.63) is 53.7 Å². The number of thioether (sulfide) groups is 1. The minimum absolute atomic E-state index is 0.0349. The highest BCUT2D eigenvalue weighted by Crippen LogP contribution is 2.36. The molecule has 2 rings (SSSR count). The molecule has 0 saturated carbocycles. The molecule has 2 aromatic rings. The molecule has 1 aromatic carbocycles. The molecule has 0 spiro atoms. The number of nitrogens with one attached hydrogen (secondary N) is 1. The van der Waals surface area contributed by atoms with Gasteiger partial charge in [0.2, 0.25) is 0 Å². The summed E-state index contributed by atoms with van der Waals surface area (Å²) in [6, 6.07) is 10.4. The molecule has 0 fully saturated rings. The van der Waals surface area contributed by atoms with E-state index < -0.39 is 11.4 Å². The molecule has 1 N–H and O–H groups in total. The number of aromatic nitrogens is 1. The SMILES string of the molecule is Cc1cccc(NC(=O)c2ccc(SC(F)(F)F)cc2)n1. The molecule has 0 aliphatic rings. The standard InChI is InChI=1S/C14H11F3N2OS/c1-9-3-2-4-12(18-9)19-13(20)10-5-7-11(8-6-10)21-14(15,16)17/h2-8H,1H3,(H,18,19,20). The fourth-order valence-corrected chi connectivity index (χ4v) is 2.15. The monoisotopic (exact) mass is 312 g/mol. The van der Waals surface area contributed by atoms with E-state index in [4.69, 9.17) is 0 Å². The van der Waals surface area contributed by atoms with Gasteiger partial charge >= 0.3 is 5.51 Å². The van der Waals surface area contributed by atoms with Crippen molar-refractivity contribution >= 4 is 23.5 Å². The van der Waals surface area contributed by atoms with Crippen molar-refractivity contribution in [2.24, 2.45) is 0 Å². The van der Waals surface area contributed by atoms with Crippen LogP contribution in [0.3, 0.4) is 0 Å². The summed E-state index contributed by atoms with van der Waals surface area (Å²) in [4.78, 5) is 16.1. The molecule has 1 aromatic heterocycles. The number of anilines is 1. The lowest BCUT2D eigenvalue weighted by atomic mass is 10.2. The number of hydrogen-bond acceptors (Lipinski definition) is 3. The van der Waals surface area contributed by atoms with E-state index in [-0.39, 0.29) is 22.2 Å². The van der Waals surface area contributed by atoms with Gasteiger partial charge in [-0.3, -0.25) is 4.79 Å². The van der Waals surface area contributed by atoms with E-state index >= 15 is 0 Å². The Balaban J connectivity index is 2.06. The normalized spacial score (nSPS) is 11.2. The lowest BCUT2D eigenvalue weighted by Crippen LogP contribution is -2.13. The summed E-state index contributed by atoms with van der Waals surface area (Å²) in [7, 11) is 0. The van der Waals surface area contributed by atoms with Crippen molar-refractivity contribution in [2.75, 3.05) is 5.32 Å². The molecule has 21 heavy (non-hydrogen) atoms. The predicted octanol–water partition coefficient (Wildman–Crippen LogP) is 4.25. The van der Waals surface area contributed by atoms with E-state index in [1.165, 1.54) is 24.3 Å². The molecule has 0 saturated heterocycles. The van der Waals surface area contributed by atoms with E-state index in [2.05, 4.69) is 10.3 Å². The first kappa shape index (κ1) is 15.4. The first-order valence-electron chi connectivity index (χ1n) is 5.94. The first-order chi connectivity index (χ1) is 9.83. The van der Waals surface area contributed by atoms with Crippen molar-refractivity contribution in [1.82, 2.24) is 4.98 Å². The maximum atomic E-state index is 12.2. The van der Waals surface area contributed by atoms with E-state index in [0.717, 1.165) is 5.69 Å². The number of hydrogen-bond donors (Lipinski definition) is 1. The van der Waals surface area contributed by atoms with Crippen LogP contribution in [0.2, 0.25) is 0 Å². The minimum Gasteiger partial charge on any atom is -0.307 e. The zero-order chi connectivity index (χ0) is 15.5. The number of pyridine rings is 1. The minimum atomic E-state index is -4.34. The van der Waals surface area contributed by atoms with Gasteiger partial charge in [0.1, 0.15) is 5.82 Å². The van der Waals surface area contributed by atoms with Crippen LogP contribution < -0.4 is 5.32 Å². The Morgan fingerprint density at radius 1 is 1.14 bits per heavy atom. The Bertz CT molecular complexity index is 641. The zero-order valence-corrected chi connectivity index (χ0v) is 11.8. The Labute approximate surface area is 123 Å². The Morgan fingerprint density at radius 2 is 1.81 bits per heavy atom. The predicted molar refractivity (Wildman–Crippen MR) is 75.3 cm³/mol. The van der Waals surface area contributed by atoms with Crippen LogP contribution >= 0.6 is 11.8 Å². The van der Waals surface area contributed by atoms with Crippen molar-refractivity contribution < 1.29 is 18.0 Å². The third-order valence-corrected chi connectivity index (χ3v) is 3.22. The van der Waals surface area contributed by atoms with E-state index in [9.17, 15) is 18.0 Å². The van der Waals surface area contributed by atoms with Gasteiger partial charge in [-0.25, -0.2) is 4.98 Å². The number of alkyl halides is 3. The van der Waals surface area contributed by atoms with Crippen LogP contribution in [0.5, 0.6) is 0 Å². The molecule has 7 heteroatoms. The van der Waals surface area contributed by atoms with Gasteiger partial charge in [-0.05, 0) is 55.1 Å². The number of nitrogens with zero attached hydrogens (tertiary/aromatic N) is 1. The molecule has 0 aliphatic heterocycles. The number of carbonyl (C=O) groups excluding carboxylic acids is 1. The summed E-state index contributed by atoms with van der Waals surface area (Å²) >= 11 is -0.217. The van der Waals surface area contributed by atoms with Gasteiger partial charge in [-0.15, -0.1) is 0 Å². The number of halogens is 3. The highest BCUT2D eigenvalue weighted by Gasteiger charge is 2.29. The smallest absolute Gasteiger partial charge is 0.307 e. The second-order valence-corrected chi connectivity index (χ2v) is 5.33. The Kier molecular flexibility index (Phi) is 4.52. The summed E-state index contributed by atoms with van der Waals surface area (Å²) in [6.45, 7) is 1.79. The van der Waals surface area contributed by atoms with Gasteiger partial charge in [0, 0.05) is 16.2 Å². The van der Waals surface area contributed by atoms with E-state index in [1.807, 2.05) is 0 Å².